The zero-order valence-electron chi connectivity index (χ0n) is 15.4. The number of esters is 1. The minimum Gasteiger partial charge on any atom is -0.449 e. The molecule has 2 aromatic carbocycles. The Balaban J connectivity index is 1.90. The Labute approximate surface area is 159 Å². The summed E-state index contributed by atoms with van der Waals surface area (Å²) in [5.74, 6) is -0.840. The second-order valence-electron chi connectivity index (χ2n) is 6.65. The summed E-state index contributed by atoms with van der Waals surface area (Å²) in [6.45, 7) is 2.91. The highest BCUT2D eigenvalue weighted by Gasteiger charge is 2.38. The number of carbonyl (C=O) groups excluding carboxylic acids is 2. The van der Waals surface area contributed by atoms with Gasteiger partial charge in [0.25, 0.3) is 0 Å². The van der Waals surface area contributed by atoms with Crippen molar-refractivity contribution in [3.63, 3.8) is 0 Å². The molecule has 2 N–H and O–H groups in total. The van der Waals surface area contributed by atoms with Crippen LogP contribution in [0.5, 0.6) is 0 Å². The van der Waals surface area contributed by atoms with E-state index in [0.717, 1.165) is 24.2 Å². The molecule has 27 heavy (non-hydrogen) atoms. The maximum Gasteiger partial charge on any atom is 0.355 e. The minimum absolute atomic E-state index is 0.141. The Morgan fingerprint density at radius 3 is 2.19 bits per heavy atom. The van der Waals surface area contributed by atoms with Crippen molar-refractivity contribution in [1.82, 2.24) is 10.6 Å². The predicted molar refractivity (Wildman–Crippen MR) is 105 cm³/mol. The van der Waals surface area contributed by atoms with E-state index in [2.05, 4.69) is 10.6 Å². The van der Waals surface area contributed by atoms with Gasteiger partial charge >= 0.3 is 5.97 Å². The van der Waals surface area contributed by atoms with Gasteiger partial charge in [0.1, 0.15) is 11.3 Å². The van der Waals surface area contributed by atoms with Crippen LogP contribution >= 0.6 is 0 Å². The highest BCUT2D eigenvalue weighted by Crippen LogP contribution is 2.35. The maximum absolute atomic E-state index is 13.0. The molecule has 5 heteroatoms. The van der Waals surface area contributed by atoms with Crippen LogP contribution in [-0.2, 0) is 19.9 Å². The SMILES string of the molecule is CC(=O)N/C(=C\c1ccccc1)C(=O)OC1(c2ccccc2)CCNCC1. The van der Waals surface area contributed by atoms with Crippen molar-refractivity contribution in [3.8, 4) is 0 Å². The molecule has 0 aliphatic carbocycles. The molecule has 5 nitrogen and oxygen atoms in total. The smallest absolute Gasteiger partial charge is 0.355 e. The summed E-state index contributed by atoms with van der Waals surface area (Å²) in [5, 5.41) is 5.93. The number of hydrogen-bond acceptors (Lipinski definition) is 4. The summed E-state index contributed by atoms with van der Waals surface area (Å²) in [7, 11) is 0. The molecule has 0 saturated carbocycles. The number of hydrogen-bond donors (Lipinski definition) is 2. The van der Waals surface area contributed by atoms with Crippen LogP contribution in [0.25, 0.3) is 6.08 Å². The summed E-state index contributed by atoms with van der Waals surface area (Å²) >= 11 is 0. The van der Waals surface area contributed by atoms with Gasteiger partial charge in [0.2, 0.25) is 5.91 Å². The van der Waals surface area contributed by atoms with Crippen molar-refractivity contribution in [3.05, 3.63) is 77.5 Å². The van der Waals surface area contributed by atoms with Gasteiger partial charge in [-0.15, -0.1) is 0 Å². The van der Waals surface area contributed by atoms with E-state index in [9.17, 15) is 9.59 Å². The highest BCUT2D eigenvalue weighted by atomic mass is 16.6. The average Bonchev–Trinajstić information content (AvgIpc) is 2.69. The lowest BCUT2D eigenvalue weighted by Crippen LogP contribution is -2.44. The first-order chi connectivity index (χ1) is 13.1. The van der Waals surface area contributed by atoms with E-state index < -0.39 is 11.6 Å². The van der Waals surface area contributed by atoms with E-state index in [4.69, 9.17) is 4.74 Å². The van der Waals surface area contributed by atoms with E-state index in [-0.39, 0.29) is 11.6 Å². The summed E-state index contributed by atoms with van der Waals surface area (Å²) in [6.07, 6.45) is 3.01. The Kier molecular flexibility index (Phi) is 6.04. The standard InChI is InChI=1S/C22H24N2O3/c1-17(25)24-20(16-18-8-4-2-5-9-18)21(26)27-22(12-14-23-15-13-22)19-10-6-3-7-11-19/h2-11,16,23H,12-15H2,1H3,(H,24,25)/b20-16-. The van der Waals surface area contributed by atoms with Crippen LogP contribution in [0.15, 0.2) is 66.4 Å². The van der Waals surface area contributed by atoms with Crippen LogP contribution in [0, 0.1) is 0 Å². The number of benzene rings is 2. The van der Waals surface area contributed by atoms with Crippen LogP contribution < -0.4 is 10.6 Å². The molecular weight excluding hydrogens is 340 g/mol. The zero-order valence-corrected chi connectivity index (χ0v) is 15.4. The van der Waals surface area contributed by atoms with Gasteiger partial charge in [0, 0.05) is 19.8 Å². The number of nitrogens with one attached hydrogen (secondary N) is 2. The van der Waals surface area contributed by atoms with Crippen molar-refractivity contribution in [2.24, 2.45) is 0 Å². The van der Waals surface area contributed by atoms with Crippen LogP contribution in [-0.4, -0.2) is 25.0 Å². The summed E-state index contributed by atoms with van der Waals surface area (Å²) in [4.78, 5) is 24.6. The topological polar surface area (TPSA) is 67.4 Å². The lowest BCUT2D eigenvalue weighted by Gasteiger charge is -2.37. The average molecular weight is 364 g/mol. The van der Waals surface area contributed by atoms with Crippen molar-refractivity contribution in [2.75, 3.05) is 13.1 Å². The van der Waals surface area contributed by atoms with E-state index in [1.807, 2.05) is 60.7 Å². The van der Waals surface area contributed by atoms with E-state index in [1.165, 1.54) is 6.92 Å². The number of carbonyl (C=O) groups is 2. The molecule has 1 aliphatic heterocycles. The quantitative estimate of drug-likeness (QED) is 0.632. The molecule has 0 spiro atoms. The molecule has 1 saturated heterocycles. The highest BCUT2D eigenvalue weighted by molar-refractivity contribution is 5.97. The predicted octanol–water partition coefficient (Wildman–Crippen LogP) is 2.99. The first-order valence-electron chi connectivity index (χ1n) is 9.13. The Bertz CT molecular complexity index is 810. The zero-order chi connectivity index (χ0) is 19.1. The fourth-order valence-electron chi connectivity index (χ4n) is 3.31. The second kappa shape index (κ2) is 8.64. The van der Waals surface area contributed by atoms with Gasteiger partial charge in [0.05, 0.1) is 0 Å². The number of rotatable bonds is 5. The van der Waals surface area contributed by atoms with Gasteiger partial charge in [-0.1, -0.05) is 60.7 Å². The van der Waals surface area contributed by atoms with Crippen molar-refractivity contribution in [2.45, 2.75) is 25.4 Å². The molecule has 1 fully saturated rings. The number of amides is 1. The van der Waals surface area contributed by atoms with Crippen molar-refractivity contribution >= 4 is 18.0 Å². The molecule has 0 aromatic heterocycles. The molecule has 3 rings (SSSR count). The van der Waals surface area contributed by atoms with Gasteiger partial charge in [-0.2, -0.15) is 0 Å². The monoisotopic (exact) mass is 364 g/mol. The molecule has 2 aromatic rings. The lowest BCUT2D eigenvalue weighted by atomic mass is 9.84. The lowest BCUT2D eigenvalue weighted by molar-refractivity contribution is -0.160. The van der Waals surface area contributed by atoms with E-state index in [1.54, 1.807) is 6.08 Å². The Morgan fingerprint density at radius 1 is 1.00 bits per heavy atom. The van der Waals surface area contributed by atoms with Gasteiger partial charge < -0.3 is 15.4 Å². The largest absolute Gasteiger partial charge is 0.449 e. The third-order valence-electron chi connectivity index (χ3n) is 4.64. The molecule has 0 bridgehead atoms. The molecule has 0 radical (unpaired) electrons. The molecule has 0 atom stereocenters. The molecular formula is C22H24N2O3. The third-order valence-corrected chi connectivity index (χ3v) is 4.64. The van der Waals surface area contributed by atoms with Crippen molar-refractivity contribution in [1.29, 1.82) is 0 Å². The number of piperidine rings is 1. The fraction of sp³-hybridized carbons (Fsp3) is 0.273. The fourth-order valence-corrected chi connectivity index (χ4v) is 3.31. The third kappa shape index (κ3) is 4.83. The van der Waals surface area contributed by atoms with E-state index >= 15 is 0 Å². The summed E-state index contributed by atoms with van der Waals surface area (Å²) < 4.78 is 6.04. The summed E-state index contributed by atoms with van der Waals surface area (Å²) in [5.41, 5.74) is 1.24. The second-order valence-corrected chi connectivity index (χ2v) is 6.65. The van der Waals surface area contributed by atoms with Crippen LogP contribution in [0.1, 0.15) is 30.9 Å². The Morgan fingerprint density at radius 2 is 1.59 bits per heavy atom. The first-order valence-corrected chi connectivity index (χ1v) is 9.13. The van der Waals surface area contributed by atoms with Crippen LogP contribution in [0.4, 0.5) is 0 Å². The van der Waals surface area contributed by atoms with Crippen LogP contribution in [0.3, 0.4) is 0 Å². The molecule has 140 valence electrons. The normalized spacial score (nSPS) is 16.4. The number of ether oxygens (including phenoxy) is 1. The van der Waals surface area contributed by atoms with Gasteiger partial charge in [-0.25, -0.2) is 4.79 Å². The van der Waals surface area contributed by atoms with Crippen molar-refractivity contribution < 1.29 is 14.3 Å². The van der Waals surface area contributed by atoms with E-state index in [0.29, 0.717) is 12.8 Å². The minimum atomic E-state index is -0.697. The van der Waals surface area contributed by atoms with Gasteiger partial charge in [-0.05, 0) is 30.3 Å². The molecule has 0 unspecified atom stereocenters. The molecule has 1 aliphatic rings. The van der Waals surface area contributed by atoms with Crippen LogP contribution in [0.2, 0.25) is 0 Å². The van der Waals surface area contributed by atoms with Gasteiger partial charge in [-0.3, -0.25) is 4.79 Å². The van der Waals surface area contributed by atoms with Gasteiger partial charge in [0.15, 0.2) is 0 Å². The molecule has 1 heterocycles. The first kappa shape index (κ1) is 18.9. The Hall–Kier alpha value is -2.92. The molecule has 1 amide bonds. The summed E-state index contributed by atoms with van der Waals surface area (Å²) in [6, 6.07) is 19.2. The maximum atomic E-state index is 13.0.